The van der Waals surface area contributed by atoms with Crippen LogP contribution in [0.5, 0.6) is 0 Å². The molecule has 21 heavy (non-hydrogen) atoms. The molecule has 1 aromatic carbocycles. The predicted octanol–water partition coefficient (Wildman–Crippen LogP) is 1.60. The first kappa shape index (κ1) is 14.7. The van der Waals surface area contributed by atoms with Crippen LogP contribution in [-0.4, -0.2) is 26.8 Å². The zero-order chi connectivity index (χ0) is 15.4. The number of halogens is 1. The molecule has 1 unspecified atom stereocenters. The Balaban J connectivity index is 2.06. The maximum Gasteiger partial charge on any atom is 0.328 e. The summed E-state index contributed by atoms with van der Waals surface area (Å²) in [4.78, 5) is 23.0. The minimum atomic E-state index is -1.08. The van der Waals surface area contributed by atoms with Crippen molar-refractivity contribution in [2.24, 2.45) is 0 Å². The van der Waals surface area contributed by atoms with Crippen molar-refractivity contribution in [3.8, 4) is 0 Å². The molecule has 1 amide bonds. The molecule has 0 saturated heterocycles. The van der Waals surface area contributed by atoms with Crippen LogP contribution >= 0.6 is 0 Å². The Hall–Kier alpha value is -2.70. The van der Waals surface area contributed by atoms with E-state index in [1.807, 2.05) is 0 Å². The summed E-state index contributed by atoms with van der Waals surface area (Å²) in [6, 6.07) is 6.24. The Morgan fingerprint density at radius 3 is 2.62 bits per heavy atom. The van der Waals surface area contributed by atoms with Crippen LogP contribution < -0.4 is 5.32 Å². The molecule has 7 heteroatoms. The van der Waals surface area contributed by atoms with Crippen LogP contribution in [0, 0.1) is 5.82 Å². The third-order valence-electron chi connectivity index (χ3n) is 2.99. The summed E-state index contributed by atoms with van der Waals surface area (Å²) in [7, 11) is 0. The first-order chi connectivity index (χ1) is 9.99. The highest BCUT2D eigenvalue weighted by Crippen LogP contribution is 2.10. The fourth-order valence-electron chi connectivity index (χ4n) is 1.78. The second kappa shape index (κ2) is 6.17. The zero-order valence-electron chi connectivity index (χ0n) is 11.3. The van der Waals surface area contributed by atoms with Crippen LogP contribution in [0.2, 0.25) is 0 Å². The minimum Gasteiger partial charge on any atom is -0.480 e. The molecule has 6 nitrogen and oxygen atoms in total. The van der Waals surface area contributed by atoms with Crippen LogP contribution in [0.3, 0.4) is 0 Å². The van der Waals surface area contributed by atoms with E-state index in [0.717, 1.165) is 10.2 Å². The van der Waals surface area contributed by atoms with Gasteiger partial charge >= 0.3 is 5.97 Å². The highest BCUT2D eigenvalue weighted by molar-refractivity contribution is 5.93. The molecule has 0 aliphatic heterocycles. The van der Waals surface area contributed by atoms with E-state index in [1.54, 1.807) is 12.1 Å². The number of nitrogens with zero attached hydrogens (tertiary/aromatic N) is 2. The maximum atomic E-state index is 12.8. The topological polar surface area (TPSA) is 84.2 Å². The molecule has 0 bridgehead atoms. The quantitative estimate of drug-likeness (QED) is 0.876. The molecular formula is C14H14FN3O3. The molecule has 0 saturated carbocycles. The summed E-state index contributed by atoms with van der Waals surface area (Å²) in [5.74, 6) is -1.87. The zero-order valence-corrected chi connectivity index (χ0v) is 11.3. The molecule has 2 N–H and O–H groups in total. The summed E-state index contributed by atoms with van der Waals surface area (Å²) in [6.45, 7) is 1.65. The van der Waals surface area contributed by atoms with Gasteiger partial charge in [0, 0.05) is 12.7 Å². The second-order valence-corrected chi connectivity index (χ2v) is 4.48. The average Bonchev–Trinajstić information content (AvgIpc) is 2.94. The Kier molecular flexibility index (Phi) is 4.32. The fraction of sp³-hybridized carbons (Fsp3) is 0.214. The number of carbonyl (C=O) groups excluding carboxylic acids is 1. The van der Waals surface area contributed by atoms with Crippen molar-refractivity contribution in [2.75, 3.05) is 0 Å². The molecular weight excluding hydrogens is 277 g/mol. The third-order valence-corrected chi connectivity index (χ3v) is 2.99. The third kappa shape index (κ3) is 3.44. The molecule has 2 aromatic rings. The molecule has 0 fully saturated rings. The first-order valence-electron chi connectivity index (χ1n) is 6.28. The monoisotopic (exact) mass is 291 g/mol. The van der Waals surface area contributed by atoms with E-state index in [-0.39, 0.29) is 18.1 Å². The maximum absolute atomic E-state index is 12.8. The lowest BCUT2D eigenvalue weighted by molar-refractivity contribution is -0.140. The van der Waals surface area contributed by atoms with Gasteiger partial charge in [0.15, 0.2) is 0 Å². The molecule has 1 heterocycles. The van der Waals surface area contributed by atoms with E-state index in [0.29, 0.717) is 0 Å². The number of carboxylic acids is 1. The smallest absolute Gasteiger partial charge is 0.328 e. The normalized spacial score (nSPS) is 11.9. The van der Waals surface area contributed by atoms with E-state index < -0.39 is 17.9 Å². The molecule has 0 aliphatic rings. The van der Waals surface area contributed by atoms with Gasteiger partial charge in [-0.05, 0) is 30.7 Å². The largest absolute Gasteiger partial charge is 0.480 e. The van der Waals surface area contributed by atoms with Crippen molar-refractivity contribution in [2.45, 2.75) is 19.5 Å². The van der Waals surface area contributed by atoms with Gasteiger partial charge < -0.3 is 10.4 Å². The molecule has 0 aliphatic carbocycles. The van der Waals surface area contributed by atoms with Gasteiger partial charge in [0.05, 0.1) is 0 Å². The second-order valence-electron chi connectivity index (χ2n) is 4.48. The molecule has 2 rings (SSSR count). The van der Waals surface area contributed by atoms with E-state index in [1.165, 1.54) is 31.3 Å². The Morgan fingerprint density at radius 2 is 2.00 bits per heavy atom. The van der Waals surface area contributed by atoms with Gasteiger partial charge in [-0.2, -0.15) is 5.10 Å². The van der Waals surface area contributed by atoms with Crippen LogP contribution in [0.15, 0.2) is 36.5 Å². The van der Waals surface area contributed by atoms with E-state index in [4.69, 9.17) is 5.11 Å². The average molecular weight is 291 g/mol. The summed E-state index contributed by atoms with van der Waals surface area (Å²) in [6.07, 6.45) is 1.37. The number of carboxylic acid groups (broad SMARTS) is 1. The lowest BCUT2D eigenvalue weighted by Gasteiger charge is -2.11. The van der Waals surface area contributed by atoms with Gasteiger partial charge in [0.25, 0.3) is 5.91 Å². The van der Waals surface area contributed by atoms with Crippen LogP contribution in [-0.2, 0) is 11.3 Å². The van der Waals surface area contributed by atoms with Crippen molar-refractivity contribution in [1.29, 1.82) is 0 Å². The van der Waals surface area contributed by atoms with Gasteiger partial charge in [-0.25, -0.2) is 13.9 Å². The number of aliphatic carboxylic acids is 1. The number of carbonyl (C=O) groups is 2. The lowest BCUT2D eigenvalue weighted by atomic mass is 10.2. The van der Waals surface area contributed by atoms with E-state index >= 15 is 0 Å². The SMILES string of the molecule is CC(C(=O)O)n1nccc1C(=O)NCc1ccc(F)cc1. The minimum absolute atomic E-state index is 0.159. The van der Waals surface area contributed by atoms with Gasteiger partial charge in [0.1, 0.15) is 17.6 Å². The summed E-state index contributed by atoms with van der Waals surface area (Å²) < 4.78 is 13.9. The number of aromatic nitrogens is 2. The number of rotatable bonds is 5. The van der Waals surface area contributed by atoms with Gasteiger partial charge in [0.2, 0.25) is 0 Å². The number of benzene rings is 1. The van der Waals surface area contributed by atoms with Crippen molar-refractivity contribution in [1.82, 2.24) is 15.1 Å². The van der Waals surface area contributed by atoms with Crippen molar-refractivity contribution in [3.63, 3.8) is 0 Å². The van der Waals surface area contributed by atoms with Gasteiger partial charge in [-0.15, -0.1) is 0 Å². The number of hydrogen-bond acceptors (Lipinski definition) is 3. The number of amides is 1. The summed E-state index contributed by atoms with van der Waals surface area (Å²) in [5, 5.41) is 15.5. The Bertz CT molecular complexity index is 652. The van der Waals surface area contributed by atoms with Crippen LogP contribution in [0.25, 0.3) is 0 Å². The predicted molar refractivity (Wildman–Crippen MR) is 72.1 cm³/mol. The first-order valence-corrected chi connectivity index (χ1v) is 6.28. The molecule has 1 aromatic heterocycles. The summed E-state index contributed by atoms with van der Waals surface area (Å²) in [5.41, 5.74) is 0.897. The Morgan fingerprint density at radius 1 is 1.33 bits per heavy atom. The van der Waals surface area contributed by atoms with Crippen LogP contribution in [0.4, 0.5) is 4.39 Å². The standard InChI is InChI=1S/C14H14FN3O3/c1-9(14(20)21)18-12(6-7-17-18)13(19)16-8-10-2-4-11(15)5-3-10/h2-7,9H,8H2,1H3,(H,16,19)(H,20,21). The highest BCUT2D eigenvalue weighted by Gasteiger charge is 2.20. The van der Waals surface area contributed by atoms with E-state index in [9.17, 15) is 14.0 Å². The number of nitrogens with one attached hydrogen (secondary N) is 1. The van der Waals surface area contributed by atoms with Gasteiger partial charge in [-0.3, -0.25) is 4.79 Å². The molecule has 1 atom stereocenters. The molecule has 0 spiro atoms. The lowest BCUT2D eigenvalue weighted by Crippen LogP contribution is -2.28. The molecule has 0 radical (unpaired) electrons. The molecule has 110 valence electrons. The van der Waals surface area contributed by atoms with Crippen LogP contribution in [0.1, 0.15) is 29.0 Å². The van der Waals surface area contributed by atoms with Crippen molar-refractivity contribution < 1.29 is 19.1 Å². The Labute approximate surface area is 120 Å². The van der Waals surface area contributed by atoms with Crippen molar-refractivity contribution in [3.05, 3.63) is 53.6 Å². The summed E-state index contributed by atoms with van der Waals surface area (Å²) >= 11 is 0. The van der Waals surface area contributed by atoms with E-state index in [2.05, 4.69) is 10.4 Å². The van der Waals surface area contributed by atoms with Crippen molar-refractivity contribution >= 4 is 11.9 Å². The highest BCUT2D eigenvalue weighted by atomic mass is 19.1. The number of hydrogen-bond donors (Lipinski definition) is 2. The fourth-order valence-corrected chi connectivity index (χ4v) is 1.78. The van der Waals surface area contributed by atoms with Gasteiger partial charge in [-0.1, -0.05) is 12.1 Å².